The van der Waals surface area contributed by atoms with Gasteiger partial charge in [-0.2, -0.15) is 0 Å². The van der Waals surface area contributed by atoms with E-state index in [1.807, 2.05) is 6.92 Å². The summed E-state index contributed by atoms with van der Waals surface area (Å²) in [6, 6.07) is 3.26. The standard InChI is InChI=1S/C14H19BrN2O3/c1-3-4-5-17-13(19)8-20-14-11(9(2)18)6-10(15)7-12(14)16/h6-7H,3-5,8,16H2,1-2H3,(H,17,19). The monoisotopic (exact) mass is 342 g/mol. The molecule has 1 rings (SSSR count). The minimum Gasteiger partial charge on any atom is -0.481 e. The molecular weight excluding hydrogens is 324 g/mol. The molecule has 0 unspecified atom stereocenters. The minimum absolute atomic E-state index is 0.157. The van der Waals surface area contributed by atoms with Crippen molar-refractivity contribution in [2.75, 3.05) is 18.9 Å². The molecule has 1 amide bonds. The third-order valence-corrected chi connectivity index (χ3v) is 3.12. The van der Waals surface area contributed by atoms with Gasteiger partial charge in [0.25, 0.3) is 5.91 Å². The summed E-state index contributed by atoms with van der Waals surface area (Å²) >= 11 is 3.27. The molecular formula is C14H19BrN2O3. The number of unbranched alkanes of at least 4 members (excludes halogenated alkanes) is 1. The fourth-order valence-electron chi connectivity index (χ4n) is 1.63. The second-order valence-corrected chi connectivity index (χ2v) is 5.34. The van der Waals surface area contributed by atoms with Crippen molar-refractivity contribution in [2.24, 2.45) is 0 Å². The molecule has 5 nitrogen and oxygen atoms in total. The van der Waals surface area contributed by atoms with Gasteiger partial charge >= 0.3 is 0 Å². The predicted molar refractivity (Wildman–Crippen MR) is 82.0 cm³/mol. The van der Waals surface area contributed by atoms with Crippen molar-refractivity contribution in [1.29, 1.82) is 0 Å². The van der Waals surface area contributed by atoms with E-state index in [4.69, 9.17) is 10.5 Å². The molecule has 0 aliphatic carbocycles. The molecule has 0 radical (unpaired) electrons. The van der Waals surface area contributed by atoms with Crippen LogP contribution in [0.3, 0.4) is 0 Å². The molecule has 110 valence electrons. The highest BCUT2D eigenvalue weighted by Crippen LogP contribution is 2.31. The molecule has 20 heavy (non-hydrogen) atoms. The summed E-state index contributed by atoms with van der Waals surface area (Å²) in [7, 11) is 0. The molecule has 0 saturated heterocycles. The van der Waals surface area contributed by atoms with Crippen molar-refractivity contribution in [3.63, 3.8) is 0 Å². The van der Waals surface area contributed by atoms with Crippen LogP contribution in [0.2, 0.25) is 0 Å². The first-order chi connectivity index (χ1) is 9.45. The number of hydrogen-bond donors (Lipinski definition) is 2. The van der Waals surface area contributed by atoms with Crippen LogP contribution in [0.5, 0.6) is 5.75 Å². The summed E-state index contributed by atoms with van der Waals surface area (Å²) in [5.41, 5.74) is 6.51. The van der Waals surface area contributed by atoms with Gasteiger partial charge in [0.05, 0.1) is 11.3 Å². The van der Waals surface area contributed by atoms with E-state index in [0.717, 1.165) is 12.8 Å². The average molecular weight is 343 g/mol. The zero-order chi connectivity index (χ0) is 15.1. The molecule has 0 aliphatic heterocycles. The van der Waals surface area contributed by atoms with Gasteiger partial charge in [0, 0.05) is 11.0 Å². The molecule has 0 spiro atoms. The highest BCUT2D eigenvalue weighted by Gasteiger charge is 2.14. The lowest BCUT2D eigenvalue weighted by Crippen LogP contribution is -2.30. The Bertz CT molecular complexity index is 503. The minimum atomic E-state index is -0.227. The molecule has 0 heterocycles. The van der Waals surface area contributed by atoms with Gasteiger partial charge in [-0.1, -0.05) is 29.3 Å². The third-order valence-electron chi connectivity index (χ3n) is 2.66. The normalized spacial score (nSPS) is 10.2. The van der Waals surface area contributed by atoms with Gasteiger partial charge in [-0.05, 0) is 25.5 Å². The van der Waals surface area contributed by atoms with Crippen LogP contribution in [0, 0.1) is 0 Å². The lowest BCUT2D eigenvalue weighted by atomic mass is 10.1. The first kappa shape index (κ1) is 16.5. The average Bonchev–Trinajstić information content (AvgIpc) is 2.37. The van der Waals surface area contributed by atoms with Crippen molar-refractivity contribution < 1.29 is 14.3 Å². The van der Waals surface area contributed by atoms with Gasteiger partial charge in [-0.25, -0.2) is 0 Å². The van der Waals surface area contributed by atoms with E-state index in [2.05, 4.69) is 21.2 Å². The lowest BCUT2D eigenvalue weighted by molar-refractivity contribution is -0.123. The Morgan fingerprint density at radius 1 is 1.40 bits per heavy atom. The number of hydrogen-bond acceptors (Lipinski definition) is 4. The van der Waals surface area contributed by atoms with Gasteiger partial charge in [-0.3, -0.25) is 9.59 Å². The number of carbonyl (C=O) groups excluding carboxylic acids is 2. The van der Waals surface area contributed by atoms with Gasteiger partial charge in [-0.15, -0.1) is 0 Å². The number of nitrogens with two attached hydrogens (primary N) is 1. The summed E-state index contributed by atoms with van der Waals surface area (Å²) in [5, 5.41) is 2.73. The quantitative estimate of drug-likeness (QED) is 0.453. The predicted octanol–water partition coefficient (Wildman–Crippen LogP) is 2.53. The number of rotatable bonds is 7. The van der Waals surface area contributed by atoms with Crippen LogP contribution in [0.15, 0.2) is 16.6 Å². The summed E-state index contributed by atoms with van der Waals surface area (Å²) in [6.07, 6.45) is 1.93. The molecule has 3 N–H and O–H groups in total. The van der Waals surface area contributed by atoms with Crippen LogP contribution >= 0.6 is 15.9 Å². The number of halogens is 1. The molecule has 0 saturated carbocycles. The number of benzene rings is 1. The van der Waals surface area contributed by atoms with Gasteiger partial charge in [0.1, 0.15) is 0 Å². The number of anilines is 1. The topological polar surface area (TPSA) is 81.4 Å². The number of nitrogen functional groups attached to an aromatic ring is 1. The van der Waals surface area contributed by atoms with E-state index < -0.39 is 0 Å². The maximum atomic E-state index is 11.6. The maximum Gasteiger partial charge on any atom is 0.257 e. The molecule has 0 atom stereocenters. The van der Waals surface area contributed by atoms with Crippen molar-refractivity contribution in [3.8, 4) is 5.75 Å². The molecule has 1 aromatic rings. The highest BCUT2D eigenvalue weighted by atomic mass is 79.9. The van der Waals surface area contributed by atoms with Crippen LogP contribution in [0.25, 0.3) is 0 Å². The van der Waals surface area contributed by atoms with Gasteiger partial charge in [0.2, 0.25) is 0 Å². The largest absolute Gasteiger partial charge is 0.481 e. The van der Waals surface area contributed by atoms with Crippen LogP contribution in [0.1, 0.15) is 37.0 Å². The van der Waals surface area contributed by atoms with E-state index >= 15 is 0 Å². The lowest BCUT2D eigenvalue weighted by Gasteiger charge is -2.13. The molecule has 0 fully saturated rings. The Hall–Kier alpha value is -1.56. The number of carbonyl (C=O) groups is 2. The Morgan fingerprint density at radius 2 is 2.10 bits per heavy atom. The number of ether oxygens (including phenoxy) is 1. The van der Waals surface area contributed by atoms with Gasteiger partial charge in [0.15, 0.2) is 18.1 Å². The van der Waals surface area contributed by atoms with Crippen molar-refractivity contribution in [1.82, 2.24) is 5.32 Å². The van der Waals surface area contributed by atoms with E-state index in [9.17, 15) is 9.59 Å². The Labute approximate surface area is 127 Å². The van der Waals surface area contributed by atoms with E-state index in [1.54, 1.807) is 12.1 Å². The fraction of sp³-hybridized carbons (Fsp3) is 0.429. The van der Waals surface area contributed by atoms with Crippen molar-refractivity contribution in [3.05, 3.63) is 22.2 Å². The van der Waals surface area contributed by atoms with Crippen LogP contribution < -0.4 is 15.8 Å². The smallest absolute Gasteiger partial charge is 0.257 e. The second kappa shape index (κ2) is 7.89. The van der Waals surface area contributed by atoms with E-state index in [0.29, 0.717) is 22.3 Å². The third kappa shape index (κ3) is 4.85. The molecule has 6 heteroatoms. The summed E-state index contributed by atoms with van der Waals surface area (Å²) in [5.74, 6) is -0.138. The van der Waals surface area contributed by atoms with Crippen LogP contribution in [-0.2, 0) is 4.79 Å². The van der Waals surface area contributed by atoms with Gasteiger partial charge < -0.3 is 15.8 Å². The second-order valence-electron chi connectivity index (χ2n) is 4.42. The highest BCUT2D eigenvalue weighted by molar-refractivity contribution is 9.10. The SMILES string of the molecule is CCCCNC(=O)COc1c(N)cc(Br)cc1C(C)=O. The first-order valence-electron chi connectivity index (χ1n) is 6.45. The molecule has 0 aliphatic rings. The Morgan fingerprint density at radius 3 is 2.70 bits per heavy atom. The first-order valence-corrected chi connectivity index (χ1v) is 7.24. The number of ketones is 1. The zero-order valence-corrected chi connectivity index (χ0v) is 13.2. The molecule has 0 bridgehead atoms. The Kier molecular flexibility index (Phi) is 6.51. The summed E-state index contributed by atoms with van der Waals surface area (Å²) in [4.78, 5) is 23.1. The fourth-order valence-corrected chi connectivity index (χ4v) is 2.11. The number of nitrogens with one attached hydrogen (secondary N) is 1. The van der Waals surface area contributed by atoms with Crippen LogP contribution in [-0.4, -0.2) is 24.8 Å². The maximum absolute atomic E-state index is 11.6. The Balaban J connectivity index is 2.72. The van der Waals surface area contributed by atoms with E-state index in [-0.39, 0.29) is 24.0 Å². The van der Waals surface area contributed by atoms with Crippen LogP contribution in [0.4, 0.5) is 5.69 Å². The van der Waals surface area contributed by atoms with Crippen molar-refractivity contribution >= 4 is 33.3 Å². The number of Topliss-reactive ketones (excluding diaryl/α,β-unsaturated/α-hetero) is 1. The zero-order valence-electron chi connectivity index (χ0n) is 11.7. The van der Waals surface area contributed by atoms with Crippen molar-refractivity contribution in [2.45, 2.75) is 26.7 Å². The number of amides is 1. The molecule has 0 aromatic heterocycles. The summed E-state index contributed by atoms with van der Waals surface area (Å²) < 4.78 is 6.09. The summed E-state index contributed by atoms with van der Waals surface area (Å²) in [6.45, 7) is 3.93. The van der Waals surface area contributed by atoms with E-state index in [1.165, 1.54) is 6.92 Å². The molecule has 1 aromatic carbocycles.